The molecule has 0 heterocycles. The molecule has 0 spiro atoms. The molecule has 0 unspecified atom stereocenters. The fourth-order valence-electron chi connectivity index (χ4n) is 1.49. The van der Waals surface area contributed by atoms with Crippen molar-refractivity contribution in [2.45, 2.75) is 33.1 Å². The van der Waals surface area contributed by atoms with Crippen LogP contribution in [0.3, 0.4) is 0 Å². The van der Waals surface area contributed by atoms with Gasteiger partial charge in [0.1, 0.15) is 5.75 Å². The van der Waals surface area contributed by atoms with E-state index in [1.807, 2.05) is 18.2 Å². The first kappa shape index (κ1) is 13.0. The van der Waals surface area contributed by atoms with E-state index in [0.717, 1.165) is 44.8 Å². The molecule has 0 bridgehead atoms. The molecule has 2 nitrogen and oxygen atoms in total. The highest BCUT2D eigenvalue weighted by atomic mass is 16.5. The number of benzene rings is 1. The van der Waals surface area contributed by atoms with E-state index in [2.05, 4.69) is 19.9 Å². The quantitative estimate of drug-likeness (QED) is 0.627. The minimum absolute atomic E-state index is 0.778. The monoisotopic (exact) mass is 222 g/mol. The van der Waals surface area contributed by atoms with Gasteiger partial charge in [-0.2, -0.15) is 0 Å². The molecule has 0 saturated carbocycles. The molecular formula is C14H22O2. The lowest BCUT2D eigenvalue weighted by molar-refractivity contribution is 0.137. The standard InChI is InChI=1S/C14H22O2/c1-3-10-15-12-9-13-7-5-6-8-14(13)16-11-4-2/h5-8H,3-4,9-12H2,1-2H3. The van der Waals surface area contributed by atoms with E-state index in [1.54, 1.807) is 0 Å². The van der Waals surface area contributed by atoms with Gasteiger partial charge in [0.15, 0.2) is 0 Å². The van der Waals surface area contributed by atoms with Crippen LogP contribution in [0, 0.1) is 0 Å². The maximum atomic E-state index is 5.69. The Balaban J connectivity index is 2.43. The summed E-state index contributed by atoms with van der Waals surface area (Å²) in [5.41, 5.74) is 1.24. The molecule has 2 heteroatoms. The van der Waals surface area contributed by atoms with Gasteiger partial charge in [-0.3, -0.25) is 0 Å². The molecule has 0 aromatic heterocycles. The maximum absolute atomic E-state index is 5.69. The van der Waals surface area contributed by atoms with E-state index < -0.39 is 0 Å². The molecule has 90 valence electrons. The second-order valence-electron chi connectivity index (χ2n) is 3.82. The van der Waals surface area contributed by atoms with Crippen molar-refractivity contribution in [2.24, 2.45) is 0 Å². The Morgan fingerprint density at radius 1 is 0.938 bits per heavy atom. The van der Waals surface area contributed by atoms with Crippen molar-refractivity contribution in [2.75, 3.05) is 19.8 Å². The van der Waals surface area contributed by atoms with Gasteiger partial charge in [-0.05, 0) is 30.9 Å². The number of hydrogen-bond acceptors (Lipinski definition) is 2. The molecule has 0 radical (unpaired) electrons. The number of hydrogen-bond donors (Lipinski definition) is 0. The second kappa shape index (κ2) is 8.17. The highest BCUT2D eigenvalue weighted by Crippen LogP contribution is 2.18. The van der Waals surface area contributed by atoms with Gasteiger partial charge in [-0.15, -0.1) is 0 Å². The maximum Gasteiger partial charge on any atom is 0.122 e. The summed E-state index contributed by atoms with van der Waals surface area (Å²) in [6.07, 6.45) is 3.05. The molecule has 0 aliphatic heterocycles. The third-order valence-corrected chi connectivity index (χ3v) is 2.30. The first-order valence-corrected chi connectivity index (χ1v) is 6.17. The SMILES string of the molecule is CCCOCCc1ccccc1OCCC. The van der Waals surface area contributed by atoms with E-state index in [0.29, 0.717) is 0 Å². The summed E-state index contributed by atoms with van der Waals surface area (Å²) in [4.78, 5) is 0. The van der Waals surface area contributed by atoms with E-state index in [1.165, 1.54) is 5.56 Å². The highest BCUT2D eigenvalue weighted by Gasteiger charge is 2.02. The van der Waals surface area contributed by atoms with Gasteiger partial charge >= 0.3 is 0 Å². The molecule has 16 heavy (non-hydrogen) atoms. The Labute approximate surface area is 98.6 Å². The molecule has 0 aliphatic rings. The predicted octanol–water partition coefficient (Wildman–Crippen LogP) is 3.44. The minimum atomic E-state index is 0.778. The molecule has 0 N–H and O–H groups in total. The van der Waals surface area contributed by atoms with Gasteiger partial charge in [-0.25, -0.2) is 0 Å². The third kappa shape index (κ3) is 4.67. The molecule has 0 aliphatic carbocycles. The predicted molar refractivity (Wildman–Crippen MR) is 67.0 cm³/mol. The molecule has 1 aromatic carbocycles. The summed E-state index contributed by atoms with van der Waals surface area (Å²) >= 11 is 0. The second-order valence-corrected chi connectivity index (χ2v) is 3.82. The fraction of sp³-hybridized carbons (Fsp3) is 0.571. The smallest absolute Gasteiger partial charge is 0.122 e. The lowest BCUT2D eigenvalue weighted by Gasteiger charge is -2.10. The molecular weight excluding hydrogens is 200 g/mol. The summed E-state index contributed by atoms with van der Waals surface area (Å²) in [7, 11) is 0. The van der Waals surface area contributed by atoms with Crippen LogP contribution in [0.15, 0.2) is 24.3 Å². The number of ether oxygens (including phenoxy) is 2. The fourth-order valence-corrected chi connectivity index (χ4v) is 1.49. The average Bonchev–Trinajstić information content (AvgIpc) is 2.33. The molecule has 1 aromatic rings. The Hall–Kier alpha value is -1.02. The molecule has 0 amide bonds. The van der Waals surface area contributed by atoms with Gasteiger partial charge in [0.25, 0.3) is 0 Å². The molecule has 0 saturated heterocycles. The van der Waals surface area contributed by atoms with Gasteiger partial charge in [0.05, 0.1) is 13.2 Å². The number of para-hydroxylation sites is 1. The first-order valence-electron chi connectivity index (χ1n) is 6.17. The van der Waals surface area contributed by atoms with Crippen LogP contribution in [-0.2, 0) is 11.2 Å². The zero-order valence-electron chi connectivity index (χ0n) is 10.4. The Bertz CT molecular complexity index is 284. The van der Waals surface area contributed by atoms with Crippen LogP contribution in [0.25, 0.3) is 0 Å². The molecule has 0 atom stereocenters. The van der Waals surface area contributed by atoms with Gasteiger partial charge in [0.2, 0.25) is 0 Å². The van der Waals surface area contributed by atoms with Crippen LogP contribution in [0.1, 0.15) is 32.3 Å². The van der Waals surface area contributed by atoms with Crippen molar-refractivity contribution in [1.29, 1.82) is 0 Å². The summed E-state index contributed by atoms with van der Waals surface area (Å²) in [5, 5.41) is 0. The summed E-state index contributed by atoms with van der Waals surface area (Å²) < 4.78 is 11.2. The third-order valence-electron chi connectivity index (χ3n) is 2.30. The van der Waals surface area contributed by atoms with Crippen LogP contribution in [0.4, 0.5) is 0 Å². The average molecular weight is 222 g/mol. The normalized spacial score (nSPS) is 10.4. The van der Waals surface area contributed by atoms with Crippen molar-refractivity contribution in [3.63, 3.8) is 0 Å². The van der Waals surface area contributed by atoms with Crippen LogP contribution in [0.5, 0.6) is 5.75 Å². The van der Waals surface area contributed by atoms with Crippen molar-refractivity contribution in [3.05, 3.63) is 29.8 Å². The van der Waals surface area contributed by atoms with E-state index >= 15 is 0 Å². The zero-order chi connectivity index (χ0) is 11.6. The number of rotatable bonds is 8. The van der Waals surface area contributed by atoms with E-state index in [-0.39, 0.29) is 0 Å². The molecule has 0 fully saturated rings. The Morgan fingerprint density at radius 2 is 1.69 bits per heavy atom. The Kier molecular flexibility index (Phi) is 6.66. The van der Waals surface area contributed by atoms with Crippen LogP contribution in [0.2, 0.25) is 0 Å². The van der Waals surface area contributed by atoms with Crippen LogP contribution >= 0.6 is 0 Å². The summed E-state index contributed by atoms with van der Waals surface area (Å²) in [6.45, 7) is 6.65. The van der Waals surface area contributed by atoms with E-state index in [4.69, 9.17) is 9.47 Å². The molecule has 1 rings (SSSR count). The van der Waals surface area contributed by atoms with Gasteiger partial charge in [0, 0.05) is 6.61 Å². The van der Waals surface area contributed by atoms with Crippen molar-refractivity contribution in [3.8, 4) is 5.75 Å². The largest absolute Gasteiger partial charge is 0.493 e. The lowest BCUT2D eigenvalue weighted by atomic mass is 10.1. The Morgan fingerprint density at radius 3 is 2.44 bits per heavy atom. The van der Waals surface area contributed by atoms with E-state index in [9.17, 15) is 0 Å². The minimum Gasteiger partial charge on any atom is -0.493 e. The van der Waals surface area contributed by atoms with Crippen molar-refractivity contribution >= 4 is 0 Å². The van der Waals surface area contributed by atoms with Gasteiger partial charge in [-0.1, -0.05) is 32.0 Å². The topological polar surface area (TPSA) is 18.5 Å². The van der Waals surface area contributed by atoms with Gasteiger partial charge < -0.3 is 9.47 Å². The summed E-state index contributed by atoms with van der Waals surface area (Å²) in [6, 6.07) is 8.21. The van der Waals surface area contributed by atoms with Crippen LogP contribution in [-0.4, -0.2) is 19.8 Å². The first-order chi connectivity index (χ1) is 7.88. The van der Waals surface area contributed by atoms with Crippen LogP contribution < -0.4 is 4.74 Å². The van der Waals surface area contributed by atoms with Crippen molar-refractivity contribution in [1.82, 2.24) is 0 Å². The highest BCUT2D eigenvalue weighted by molar-refractivity contribution is 5.33. The zero-order valence-corrected chi connectivity index (χ0v) is 10.4. The lowest BCUT2D eigenvalue weighted by Crippen LogP contribution is -2.03. The van der Waals surface area contributed by atoms with Crippen molar-refractivity contribution < 1.29 is 9.47 Å². The summed E-state index contributed by atoms with van der Waals surface area (Å²) in [5.74, 6) is 1.00.